The fourth-order valence-corrected chi connectivity index (χ4v) is 4.32. The molecule has 2 fully saturated rings. The smallest absolute Gasteiger partial charge is 0.231 e. The topological polar surface area (TPSA) is 84.5 Å². The Hall–Kier alpha value is -1.89. The van der Waals surface area contributed by atoms with Crippen LogP contribution in [0.25, 0.3) is 0 Å². The van der Waals surface area contributed by atoms with Gasteiger partial charge in [-0.3, -0.25) is 19.2 Å². The molecule has 7 heteroatoms. The molecule has 2 aliphatic rings. The normalized spacial score (nSPS) is 20.2. The summed E-state index contributed by atoms with van der Waals surface area (Å²) in [5, 5.41) is 4.25. The molecule has 0 spiro atoms. The van der Waals surface area contributed by atoms with Crippen molar-refractivity contribution in [1.82, 2.24) is 19.6 Å². The molecule has 0 aromatic carbocycles. The molecule has 0 bridgehead atoms. The molecule has 1 aromatic rings. The maximum absolute atomic E-state index is 13.3. The van der Waals surface area contributed by atoms with Gasteiger partial charge in [-0.15, -0.1) is 0 Å². The molecule has 2 amide bonds. The van der Waals surface area contributed by atoms with Crippen LogP contribution in [0.3, 0.4) is 0 Å². The number of piperidine rings is 1. The van der Waals surface area contributed by atoms with Gasteiger partial charge in [-0.25, -0.2) is 0 Å². The average Bonchev–Trinajstić information content (AvgIpc) is 3.05. The summed E-state index contributed by atoms with van der Waals surface area (Å²) in [7, 11) is 1.91. The Morgan fingerprint density at radius 3 is 2.46 bits per heavy atom. The van der Waals surface area contributed by atoms with Gasteiger partial charge < -0.3 is 10.6 Å². The van der Waals surface area contributed by atoms with Crippen LogP contribution in [-0.2, 0) is 23.2 Å². The van der Waals surface area contributed by atoms with E-state index < -0.39 is 0 Å². The number of carbonyl (C=O) groups is 2. The summed E-state index contributed by atoms with van der Waals surface area (Å²) in [5.41, 5.74) is 6.38. The zero-order valence-corrected chi connectivity index (χ0v) is 15.8. The van der Waals surface area contributed by atoms with E-state index in [1.807, 2.05) is 19.4 Å². The van der Waals surface area contributed by atoms with Gasteiger partial charge in [0.2, 0.25) is 11.8 Å². The van der Waals surface area contributed by atoms with E-state index >= 15 is 0 Å². The molecule has 7 nitrogen and oxygen atoms in total. The van der Waals surface area contributed by atoms with Gasteiger partial charge in [0.1, 0.15) is 0 Å². The van der Waals surface area contributed by atoms with Crippen LogP contribution in [0, 0.1) is 5.92 Å². The third-order valence-corrected chi connectivity index (χ3v) is 5.73. The van der Waals surface area contributed by atoms with Gasteiger partial charge in [-0.1, -0.05) is 19.3 Å². The summed E-state index contributed by atoms with van der Waals surface area (Å²) in [6, 6.07) is 0.347. The van der Waals surface area contributed by atoms with E-state index in [2.05, 4.69) is 14.9 Å². The number of nitrogens with zero attached hydrogens (tertiary/aromatic N) is 4. The van der Waals surface area contributed by atoms with Gasteiger partial charge in [0.15, 0.2) is 0 Å². The number of primary amides is 1. The van der Waals surface area contributed by atoms with E-state index in [-0.39, 0.29) is 17.7 Å². The maximum atomic E-state index is 13.3. The zero-order valence-electron chi connectivity index (χ0n) is 15.8. The Bertz CT molecular complexity index is 615. The van der Waals surface area contributed by atoms with E-state index in [0.717, 1.165) is 44.3 Å². The lowest BCUT2D eigenvalue weighted by Crippen LogP contribution is -2.47. The van der Waals surface area contributed by atoms with Crippen LogP contribution in [0.4, 0.5) is 0 Å². The quantitative estimate of drug-likeness (QED) is 0.827. The summed E-state index contributed by atoms with van der Waals surface area (Å²) >= 11 is 0. The maximum Gasteiger partial charge on any atom is 0.231 e. The van der Waals surface area contributed by atoms with E-state index in [9.17, 15) is 9.59 Å². The van der Waals surface area contributed by atoms with E-state index in [0.29, 0.717) is 19.1 Å². The van der Waals surface area contributed by atoms with Gasteiger partial charge in [-0.05, 0) is 38.8 Å². The Morgan fingerprint density at radius 1 is 1.19 bits per heavy atom. The number of aromatic nitrogens is 2. The fourth-order valence-electron chi connectivity index (χ4n) is 4.32. The number of amides is 2. The predicted octanol–water partition coefficient (Wildman–Crippen LogP) is 1.28. The zero-order chi connectivity index (χ0) is 18.5. The van der Waals surface area contributed by atoms with E-state index in [1.165, 1.54) is 19.3 Å². The van der Waals surface area contributed by atoms with Crippen molar-refractivity contribution in [3.05, 3.63) is 18.0 Å². The third kappa shape index (κ3) is 4.84. The summed E-state index contributed by atoms with van der Waals surface area (Å²) in [6.45, 7) is 2.48. The van der Waals surface area contributed by atoms with Crippen LogP contribution >= 0.6 is 0 Å². The second-order valence-electron chi connectivity index (χ2n) is 7.80. The van der Waals surface area contributed by atoms with Crippen LogP contribution in [0.2, 0.25) is 0 Å². The molecule has 0 atom stereocenters. The van der Waals surface area contributed by atoms with Gasteiger partial charge in [-0.2, -0.15) is 5.10 Å². The number of rotatable bonds is 6. The van der Waals surface area contributed by atoms with Gasteiger partial charge >= 0.3 is 0 Å². The van der Waals surface area contributed by atoms with E-state index in [4.69, 9.17) is 5.73 Å². The van der Waals surface area contributed by atoms with Crippen LogP contribution in [0.1, 0.15) is 50.5 Å². The molecular formula is C19H31N5O2. The lowest BCUT2D eigenvalue weighted by molar-refractivity contribution is -0.141. The number of aryl methyl sites for hydroxylation is 1. The Kier molecular flexibility index (Phi) is 6.29. The number of carbonyl (C=O) groups excluding carboxylic acids is 2. The first-order chi connectivity index (χ1) is 12.5. The van der Waals surface area contributed by atoms with Crippen molar-refractivity contribution < 1.29 is 9.59 Å². The van der Waals surface area contributed by atoms with Crippen molar-refractivity contribution >= 4 is 11.8 Å². The minimum Gasteiger partial charge on any atom is -0.369 e. The highest BCUT2D eigenvalue weighted by Crippen LogP contribution is 2.28. The van der Waals surface area contributed by atoms with E-state index in [1.54, 1.807) is 4.68 Å². The first-order valence-electron chi connectivity index (χ1n) is 9.81. The molecule has 1 aliphatic heterocycles. The Balaban J connectivity index is 1.65. The molecule has 0 radical (unpaired) electrons. The van der Waals surface area contributed by atoms with Crippen LogP contribution in [-0.4, -0.2) is 57.1 Å². The first kappa shape index (κ1) is 18.9. The SMILES string of the molecule is Cn1cc(CN(C(=O)C2CCN(CC(N)=O)CC2)C2CCCCC2)cn1. The summed E-state index contributed by atoms with van der Waals surface area (Å²) in [4.78, 5) is 28.6. The molecule has 1 aromatic heterocycles. The minimum atomic E-state index is -0.296. The molecule has 1 saturated carbocycles. The molecule has 2 heterocycles. The monoisotopic (exact) mass is 361 g/mol. The molecular weight excluding hydrogens is 330 g/mol. The number of nitrogens with two attached hydrogens (primary N) is 1. The Morgan fingerprint density at radius 2 is 1.88 bits per heavy atom. The van der Waals surface area contributed by atoms with Gasteiger partial charge in [0, 0.05) is 37.3 Å². The standard InChI is InChI=1S/C19H31N5O2/c1-22-12-15(11-21-22)13-24(17-5-3-2-4-6-17)19(26)16-7-9-23(10-8-16)14-18(20)25/h11-12,16-17H,2-10,13-14H2,1H3,(H2,20,25). The highest BCUT2D eigenvalue weighted by atomic mass is 16.2. The van der Waals surface area contributed by atoms with Crippen LogP contribution < -0.4 is 5.73 Å². The van der Waals surface area contributed by atoms with Crippen molar-refractivity contribution in [3.63, 3.8) is 0 Å². The fraction of sp³-hybridized carbons (Fsp3) is 0.737. The molecule has 3 rings (SSSR count). The number of hydrogen-bond acceptors (Lipinski definition) is 4. The second-order valence-corrected chi connectivity index (χ2v) is 7.80. The molecule has 1 saturated heterocycles. The average molecular weight is 361 g/mol. The molecule has 0 unspecified atom stereocenters. The van der Waals surface area contributed by atoms with Crippen LogP contribution in [0.15, 0.2) is 12.4 Å². The van der Waals surface area contributed by atoms with Crippen molar-refractivity contribution in [3.8, 4) is 0 Å². The highest BCUT2D eigenvalue weighted by Gasteiger charge is 2.33. The summed E-state index contributed by atoms with van der Waals surface area (Å²) in [6.07, 6.45) is 11.4. The van der Waals surface area contributed by atoms with Crippen molar-refractivity contribution in [1.29, 1.82) is 0 Å². The summed E-state index contributed by atoms with van der Waals surface area (Å²) in [5.74, 6) is 0.0346. The predicted molar refractivity (Wildman–Crippen MR) is 99.0 cm³/mol. The van der Waals surface area contributed by atoms with Crippen molar-refractivity contribution in [2.24, 2.45) is 18.7 Å². The summed E-state index contributed by atoms with van der Waals surface area (Å²) < 4.78 is 1.79. The molecule has 1 aliphatic carbocycles. The molecule has 26 heavy (non-hydrogen) atoms. The van der Waals surface area contributed by atoms with Gasteiger partial charge in [0.25, 0.3) is 0 Å². The second kappa shape index (κ2) is 8.66. The highest BCUT2D eigenvalue weighted by molar-refractivity contribution is 5.79. The largest absolute Gasteiger partial charge is 0.369 e. The molecule has 144 valence electrons. The van der Waals surface area contributed by atoms with Crippen molar-refractivity contribution in [2.45, 2.75) is 57.5 Å². The molecule has 2 N–H and O–H groups in total. The lowest BCUT2D eigenvalue weighted by Gasteiger charge is -2.38. The minimum absolute atomic E-state index is 0.0534. The number of hydrogen-bond donors (Lipinski definition) is 1. The number of likely N-dealkylation sites (tertiary alicyclic amines) is 1. The Labute approximate surface area is 155 Å². The lowest BCUT2D eigenvalue weighted by atomic mass is 9.90. The first-order valence-corrected chi connectivity index (χ1v) is 9.81. The third-order valence-electron chi connectivity index (χ3n) is 5.73. The van der Waals surface area contributed by atoms with Gasteiger partial charge in [0.05, 0.1) is 12.7 Å². The van der Waals surface area contributed by atoms with Crippen LogP contribution in [0.5, 0.6) is 0 Å². The van der Waals surface area contributed by atoms with Crippen molar-refractivity contribution in [2.75, 3.05) is 19.6 Å².